The van der Waals surface area contributed by atoms with Crippen LogP contribution in [0.2, 0.25) is 0 Å². The zero-order valence-corrected chi connectivity index (χ0v) is 11.5. The molecule has 0 bridgehead atoms. The van der Waals surface area contributed by atoms with E-state index in [0.29, 0.717) is 0 Å². The highest BCUT2D eigenvalue weighted by molar-refractivity contribution is 5.30. The van der Waals surface area contributed by atoms with Gasteiger partial charge in [0.05, 0.1) is 0 Å². The summed E-state index contributed by atoms with van der Waals surface area (Å²) in [6.45, 7) is 8.33. The lowest BCUT2D eigenvalue weighted by molar-refractivity contribution is 0.682. The highest BCUT2D eigenvalue weighted by Crippen LogP contribution is 2.30. The SMILES string of the molecule is CCCN(CC1CC1)c1ncc(CNCC)cn1. The summed E-state index contributed by atoms with van der Waals surface area (Å²) in [5.74, 6) is 1.77. The van der Waals surface area contributed by atoms with Gasteiger partial charge in [0.25, 0.3) is 0 Å². The van der Waals surface area contributed by atoms with Crippen molar-refractivity contribution in [2.75, 3.05) is 24.5 Å². The molecule has 4 nitrogen and oxygen atoms in total. The van der Waals surface area contributed by atoms with Gasteiger partial charge < -0.3 is 10.2 Å². The smallest absolute Gasteiger partial charge is 0.225 e. The Balaban J connectivity index is 1.95. The molecule has 0 spiro atoms. The number of nitrogens with zero attached hydrogens (tertiary/aromatic N) is 3. The molecule has 100 valence electrons. The van der Waals surface area contributed by atoms with Crippen LogP contribution in [-0.4, -0.2) is 29.6 Å². The van der Waals surface area contributed by atoms with Crippen molar-refractivity contribution >= 4 is 5.95 Å². The van der Waals surface area contributed by atoms with Crippen LogP contribution in [0.15, 0.2) is 12.4 Å². The van der Waals surface area contributed by atoms with Crippen molar-refractivity contribution in [2.45, 2.75) is 39.7 Å². The minimum Gasteiger partial charge on any atom is -0.341 e. The molecule has 18 heavy (non-hydrogen) atoms. The monoisotopic (exact) mass is 248 g/mol. The van der Waals surface area contributed by atoms with Crippen LogP contribution in [0.5, 0.6) is 0 Å². The number of hydrogen-bond donors (Lipinski definition) is 1. The standard InChI is InChI=1S/C14H24N4/c1-3-7-18(11-12-5-6-12)14-16-9-13(10-17-14)8-15-4-2/h9-10,12,15H,3-8,11H2,1-2H3. The molecule has 4 heteroatoms. The molecule has 1 aliphatic carbocycles. The van der Waals surface area contributed by atoms with Gasteiger partial charge in [0.1, 0.15) is 0 Å². The van der Waals surface area contributed by atoms with E-state index in [-0.39, 0.29) is 0 Å². The zero-order chi connectivity index (χ0) is 12.8. The first-order valence-electron chi connectivity index (χ1n) is 7.10. The van der Waals surface area contributed by atoms with Gasteiger partial charge in [-0.2, -0.15) is 0 Å². The summed E-state index contributed by atoms with van der Waals surface area (Å²) in [6, 6.07) is 0. The second kappa shape index (κ2) is 6.69. The Bertz CT molecular complexity index is 345. The third-order valence-electron chi connectivity index (χ3n) is 3.22. The van der Waals surface area contributed by atoms with Gasteiger partial charge in [-0.25, -0.2) is 9.97 Å². The van der Waals surface area contributed by atoms with Gasteiger partial charge in [0.2, 0.25) is 5.95 Å². The van der Waals surface area contributed by atoms with Crippen molar-refractivity contribution in [1.82, 2.24) is 15.3 Å². The Labute approximate surface area is 110 Å². The van der Waals surface area contributed by atoms with Gasteiger partial charge in [0.15, 0.2) is 0 Å². The maximum absolute atomic E-state index is 4.51. The van der Waals surface area contributed by atoms with E-state index in [1.165, 1.54) is 12.8 Å². The summed E-state index contributed by atoms with van der Waals surface area (Å²) in [5, 5.41) is 3.29. The van der Waals surface area contributed by atoms with Crippen LogP contribution in [0.1, 0.15) is 38.7 Å². The second-order valence-corrected chi connectivity index (χ2v) is 5.06. The minimum atomic E-state index is 0.854. The van der Waals surface area contributed by atoms with Crippen molar-refractivity contribution in [2.24, 2.45) is 5.92 Å². The van der Waals surface area contributed by atoms with E-state index in [4.69, 9.17) is 0 Å². The van der Waals surface area contributed by atoms with Crippen LogP contribution in [0.4, 0.5) is 5.95 Å². The number of anilines is 1. The molecule has 0 unspecified atom stereocenters. The third-order valence-corrected chi connectivity index (χ3v) is 3.22. The van der Waals surface area contributed by atoms with E-state index < -0.39 is 0 Å². The highest BCUT2D eigenvalue weighted by Gasteiger charge is 2.25. The van der Waals surface area contributed by atoms with E-state index in [0.717, 1.165) is 50.0 Å². The van der Waals surface area contributed by atoms with Crippen LogP contribution in [0.25, 0.3) is 0 Å². The topological polar surface area (TPSA) is 41.1 Å². The normalized spacial score (nSPS) is 14.8. The number of nitrogens with one attached hydrogen (secondary N) is 1. The molecule has 0 aromatic carbocycles. The lowest BCUT2D eigenvalue weighted by atomic mass is 10.3. The van der Waals surface area contributed by atoms with Gasteiger partial charge >= 0.3 is 0 Å². The quantitative estimate of drug-likeness (QED) is 0.766. The predicted octanol–water partition coefficient (Wildman–Crippen LogP) is 2.21. The molecule has 0 saturated heterocycles. The fourth-order valence-electron chi connectivity index (χ4n) is 2.03. The van der Waals surface area contributed by atoms with Crippen LogP contribution in [0, 0.1) is 5.92 Å². The maximum atomic E-state index is 4.51. The Kier molecular flexibility index (Phi) is 4.93. The first-order chi connectivity index (χ1) is 8.83. The average molecular weight is 248 g/mol. The fourth-order valence-corrected chi connectivity index (χ4v) is 2.03. The number of hydrogen-bond acceptors (Lipinski definition) is 4. The van der Waals surface area contributed by atoms with Crippen LogP contribution < -0.4 is 10.2 Å². The molecule has 1 fully saturated rings. The van der Waals surface area contributed by atoms with E-state index in [1.54, 1.807) is 0 Å². The number of aromatic nitrogens is 2. The first kappa shape index (κ1) is 13.3. The fraction of sp³-hybridized carbons (Fsp3) is 0.714. The van der Waals surface area contributed by atoms with Gasteiger partial charge in [-0.15, -0.1) is 0 Å². The van der Waals surface area contributed by atoms with Crippen LogP contribution in [0.3, 0.4) is 0 Å². The summed E-state index contributed by atoms with van der Waals surface area (Å²) in [4.78, 5) is 11.3. The maximum Gasteiger partial charge on any atom is 0.225 e. The van der Waals surface area contributed by atoms with E-state index >= 15 is 0 Å². The molecule has 1 aliphatic rings. The second-order valence-electron chi connectivity index (χ2n) is 5.06. The predicted molar refractivity (Wildman–Crippen MR) is 74.6 cm³/mol. The van der Waals surface area contributed by atoms with E-state index in [9.17, 15) is 0 Å². The van der Waals surface area contributed by atoms with Crippen molar-refractivity contribution in [3.8, 4) is 0 Å². The molecule has 1 heterocycles. The Hall–Kier alpha value is -1.16. The molecule has 0 amide bonds. The molecule has 1 aromatic rings. The molecule has 2 rings (SSSR count). The Morgan fingerprint density at radius 2 is 2.00 bits per heavy atom. The van der Waals surface area contributed by atoms with Crippen LogP contribution in [-0.2, 0) is 6.54 Å². The highest BCUT2D eigenvalue weighted by atomic mass is 15.2. The largest absolute Gasteiger partial charge is 0.341 e. The molecule has 1 N–H and O–H groups in total. The lowest BCUT2D eigenvalue weighted by Gasteiger charge is -2.21. The summed E-state index contributed by atoms with van der Waals surface area (Å²) >= 11 is 0. The van der Waals surface area contributed by atoms with Crippen molar-refractivity contribution in [3.63, 3.8) is 0 Å². The lowest BCUT2D eigenvalue weighted by Crippen LogP contribution is -2.28. The average Bonchev–Trinajstić information content (AvgIpc) is 3.20. The molecule has 0 aliphatic heterocycles. The van der Waals surface area contributed by atoms with Gasteiger partial charge in [-0.3, -0.25) is 0 Å². The number of rotatable bonds is 8. The minimum absolute atomic E-state index is 0.854. The molecule has 1 aromatic heterocycles. The van der Waals surface area contributed by atoms with Crippen molar-refractivity contribution in [1.29, 1.82) is 0 Å². The molecule has 0 radical (unpaired) electrons. The van der Waals surface area contributed by atoms with E-state index in [2.05, 4.69) is 34.0 Å². The van der Waals surface area contributed by atoms with Gasteiger partial charge in [0, 0.05) is 37.6 Å². The molecule has 0 atom stereocenters. The molecular formula is C14H24N4. The summed E-state index contributed by atoms with van der Waals surface area (Å²) in [6.07, 6.45) is 7.79. The zero-order valence-electron chi connectivity index (χ0n) is 11.5. The summed E-state index contributed by atoms with van der Waals surface area (Å²) < 4.78 is 0. The Morgan fingerprint density at radius 1 is 1.28 bits per heavy atom. The summed E-state index contributed by atoms with van der Waals surface area (Å²) in [5.41, 5.74) is 1.16. The van der Waals surface area contributed by atoms with E-state index in [1.807, 2.05) is 12.4 Å². The first-order valence-corrected chi connectivity index (χ1v) is 7.10. The van der Waals surface area contributed by atoms with Crippen LogP contribution >= 0.6 is 0 Å². The molecule has 1 saturated carbocycles. The van der Waals surface area contributed by atoms with Gasteiger partial charge in [-0.1, -0.05) is 13.8 Å². The Morgan fingerprint density at radius 3 is 2.56 bits per heavy atom. The summed E-state index contributed by atoms with van der Waals surface area (Å²) in [7, 11) is 0. The third kappa shape index (κ3) is 3.95. The van der Waals surface area contributed by atoms with Crippen molar-refractivity contribution < 1.29 is 0 Å². The molecular weight excluding hydrogens is 224 g/mol. The van der Waals surface area contributed by atoms with Crippen molar-refractivity contribution in [3.05, 3.63) is 18.0 Å². The van der Waals surface area contributed by atoms with Gasteiger partial charge in [-0.05, 0) is 31.7 Å².